The SMILES string of the molecule is CC1(C)CCC2(C(=O)O)CCC3(C)C(=CCC4C5(C)CCC(OC6OCC(O)C(OC7OC(CO)C(O)C(OC8OCC(O)(CO)C8O)C7O)C6OC6OC(CO)C(O)C(O)C6O)C(C)(C)C5CCC43C)C2C1. The van der Waals surface area contributed by atoms with Crippen molar-refractivity contribution >= 4 is 5.97 Å². The molecule has 0 aromatic heterocycles. The highest BCUT2D eigenvalue weighted by Gasteiger charge is 2.70. The molecule has 12 N–H and O–H groups in total. The Balaban J connectivity index is 0.987. The van der Waals surface area contributed by atoms with Gasteiger partial charge in [-0.2, -0.15) is 0 Å². The molecule has 25 atom stereocenters. The maximum absolute atomic E-state index is 13.2. The molecular formula is C52H84O21. The number of carboxylic acid groups (broad SMARTS) is 1. The van der Waals surface area contributed by atoms with Crippen LogP contribution in [0.3, 0.4) is 0 Å². The van der Waals surface area contributed by atoms with Crippen LogP contribution in [0.15, 0.2) is 11.6 Å². The molecule has 21 heteroatoms. The molecule has 0 aromatic rings. The van der Waals surface area contributed by atoms with Crippen LogP contribution in [-0.4, -0.2) is 210 Å². The lowest BCUT2D eigenvalue weighted by Gasteiger charge is -2.71. The quantitative estimate of drug-likeness (QED) is 0.0890. The average molecular weight is 1050 g/mol. The van der Waals surface area contributed by atoms with Crippen LogP contribution in [0.25, 0.3) is 0 Å². The first-order chi connectivity index (χ1) is 34.2. The van der Waals surface area contributed by atoms with Gasteiger partial charge in [-0.3, -0.25) is 4.79 Å². The number of carbonyl (C=O) groups is 1. The predicted molar refractivity (Wildman–Crippen MR) is 251 cm³/mol. The third-order valence-corrected chi connectivity index (χ3v) is 20.8. The molecule has 0 aromatic carbocycles. The second kappa shape index (κ2) is 20.0. The van der Waals surface area contributed by atoms with Crippen molar-refractivity contribution in [2.24, 2.45) is 50.2 Å². The monoisotopic (exact) mass is 1040 g/mol. The number of ether oxygens (including phenoxy) is 8. The van der Waals surface area contributed by atoms with Crippen molar-refractivity contribution in [1.29, 1.82) is 0 Å². The molecule has 5 aliphatic carbocycles. The number of aliphatic hydroxyl groups excluding tert-OH is 10. The van der Waals surface area contributed by atoms with Crippen molar-refractivity contribution in [1.82, 2.24) is 0 Å². The van der Waals surface area contributed by atoms with E-state index in [2.05, 4.69) is 54.5 Å². The summed E-state index contributed by atoms with van der Waals surface area (Å²) in [5.74, 6) is -0.267. The molecule has 0 bridgehead atoms. The number of hydrogen-bond acceptors (Lipinski definition) is 20. The summed E-state index contributed by atoms with van der Waals surface area (Å²) < 4.78 is 48.7. The highest BCUT2D eigenvalue weighted by atomic mass is 16.8. The van der Waals surface area contributed by atoms with Crippen molar-refractivity contribution in [3.63, 3.8) is 0 Å². The van der Waals surface area contributed by atoms with Gasteiger partial charge in [0.25, 0.3) is 0 Å². The van der Waals surface area contributed by atoms with Gasteiger partial charge >= 0.3 is 5.97 Å². The van der Waals surface area contributed by atoms with Crippen molar-refractivity contribution < 1.29 is 104 Å². The predicted octanol–water partition coefficient (Wildman–Crippen LogP) is -0.190. The zero-order valence-corrected chi connectivity index (χ0v) is 43.3. The summed E-state index contributed by atoms with van der Waals surface area (Å²) in [6.45, 7) is 12.7. The van der Waals surface area contributed by atoms with Gasteiger partial charge in [-0.05, 0) is 109 Å². The van der Waals surface area contributed by atoms with Crippen LogP contribution in [0.5, 0.6) is 0 Å². The fraction of sp³-hybridized carbons (Fsp3) is 0.942. The first kappa shape index (κ1) is 56.2. The van der Waals surface area contributed by atoms with Crippen LogP contribution in [0.2, 0.25) is 0 Å². The Morgan fingerprint density at radius 3 is 1.93 bits per heavy atom. The molecule has 21 nitrogen and oxygen atoms in total. The number of allylic oxidation sites excluding steroid dienone is 2. The Hall–Kier alpha value is -1.55. The number of carboxylic acids is 1. The average Bonchev–Trinajstić information content (AvgIpc) is 3.62. The molecule has 0 radical (unpaired) electrons. The number of aliphatic carboxylic acids is 1. The standard InChI is InChI=1S/C52H84O21/c1-46(2)14-16-51(45(63)64)17-15-49(6)24(25(51)18-46)8-9-30-48(5)12-11-31(47(3,4)29(48)10-13-50(30,49)7)70-43-39(73-41-35(60)34(59)32(57)27(19-53)68-41)37(26(56)21-66-43)71-42-36(61)38(33(58)28(20-54)69-42)72-44-40(62)52(65,22-55)23-67-44/h8,25-44,53-62,65H,9-23H2,1-7H3,(H,63,64). The Bertz CT molecular complexity index is 2020. The van der Waals surface area contributed by atoms with Crippen LogP contribution in [-0.2, 0) is 42.7 Å². The fourth-order valence-electron chi connectivity index (χ4n) is 16.1. The van der Waals surface area contributed by atoms with Crippen molar-refractivity contribution in [3.8, 4) is 0 Å². The molecular weight excluding hydrogens is 961 g/mol. The van der Waals surface area contributed by atoms with E-state index in [9.17, 15) is 66.1 Å². The Morgan fingerprint density at radius 2 is 1.29 bits per heavy atom. The molecule has 4 aliphatic heterocycles. The third-order valence-electron chi connectivity index (χ3n) is 20.8. The number of fused-ring (bicyclic) bond motifs is 7. The second-order valence-corrected chi connectivity index (χ2v) is 25.5. The molecule has 0 amide bonds. The topological polar surface area (TPSA) is 334 Å². The van der Waals surface area contributed by atoms with Gasteiger partial charge in [0, 0.05) is 0 Å². The summed E-state index contributed by atoms with van der Waals surface area (Å²) in [6.07, 6.45) is -17.2. The van der Waals surface area contributed by atoms with E-state index in [1.165, 1.54) is 5.57 Å². The van der Waals surface area contributed by atoms with Crippen LogP contribution < -0.4 is 0 Å². The maximum Gasteiger partial charge on any atom is 0.310 e. The third kappa shape index (κ3) is 9.01. The molecule has 4 heterocycles. The number of hydrogen-bond donors (Lipinski definition) is 12. The van der Waals surface area contributed by atoms with Crippen LogP contribution >= 0.6 is 0 Å². The molecule has 4 saturated heterocycles. The van der Waals surface area contributed by atoms with E-state index < -0.39 is 160 Å². The highest BCUT2D eigenvalue weighted by Crippen LogP contribution is 2.76. The second-order valence-electron chi connectivity index (χ2n) is 25.5. The lowest BCUT2D eigenvalue weighted by Crippen LogP contribution is -2.67. The van der Waals surface area contributed by atoms with Gasteiger partial charge < -0.3 is 99.2 Å². The molecule has 73 heavy (non-hydrogen) atoms. The molecule has 9 aliphatic rings. The molecule has 4 saturated carbocycles. The Labute approximate surface area is 426 Å². The summed E-state index contributed by atoms with van der Waals surface area (Å²) in [7, 11) is 0. The van der Waals surface area contributed by atoms with Crippen LogP contribution in [0.4, 0.5) is 0 Å². The Kier molecular flexibility index (Phi) is 15.4. The minimum atomic E-state index is -2.12. The normalized spacial score (nSPS) is 53.5. The van der Waals surface area contributed by atoms with E-state index in [1.54, 1.807) is 0 Å². The zero-order chi connectivity index (χ0) is 53.2. The van der Waals surface area contributed by atoms with Gasteiger partial charge in [-0.15, -0.1) is 0 Å². The van der Waals surface area contributed by atoms with E-state index in [0.717, 1.165) is 44.9 Å². The minimum absolute atomic E-state index is 0.0161. The fourth-order valence-corrected chi connectivity index (χ4v) is 16.1. The summed E-state index contributed by atoms with van der Waals surface area (Å²) in [6, 6.07) is 0. The Morgan fingerprint density at radius 1 is 0.658 bits per heavy atom. The van der Waals surface area contributed by atoms with Gasteiger partial charge in [0.2, 0.25) is 0 Å². The van der Waals surface area contributed by atoms with Gasteiger partial charge in [-0.25, -0.2) is 0 Å². The first-order valence-electron chi connectivity index (χ1n) is 26.6. The van der Waals surface area contributed by atoms with E-state index in [1.807, 2.05) is 0 Å². The number of rotatable bonds is 12. The lowest BCUT2D eigenvalue weighted by molar-refractivity contribution is -0.393. The first-order valence-corrected chi connectivity index (χ1v) is 26.6. The smallest absolute Gasteiger partial charge is 0.310 e. The number of aliphatic hydroxyl groups is 11. The summed E-state index contributed by atoms with van der Waals surface area (Å²) in [4.78, 5) is 13.2. The zero-order valence-electron chi connectivity index (χ0n) is 43.3. The summed E-state index contributed by atoms with van der Waals surface area (Å²) in [5, 5.41) is 129. The molecule has 8 fully saturated rings. The van der Waals surface area contributed by atoms with Crippen molar-refractivity contribution in [2.75, 3.05) is 33.0 Å². The van der Waals surface area contributed by atoms with E-state index in [0.29, 0.717) is 19.3 Å². The molecule has 9 rings (SSSR count). The van der Waals surface area contributed by atoms with Crippen molar-refractivity contribution in [3.05, 3.63) is 11.6 Å². The summed E-state index contributed by atoms with van der Waals surface area (Å²) >= 11 is 0. The van der Waals surface area contributed by atoms with Crippen molar-refractivity contribution in [2.45, 2.75) is 223 Å². The van der Waals surface area contributed by atoms with Gasteiger partial charge in [0.15, 0.2) is 25.2 Å². The van der Waals surface area contributed by atoms with E-state index >= 15 is 0 Å². The van der Waals surface area contributed by atoms with Gasteiger partial charge in [0.1, 0.15) is 78.8 Å². The molecule has 25 unspecified atom stereocenters. The maximum atomic E-state index is 13.2. The molecule has 0 spiro atoms. The lowest BCUT2D eigenvalue weighted by atomic mass is 9.33. The van der Waals surface area contributed by atoms with Crippen LogP contribution in [0, 0.1) is 50.2 Å². The minimum Gasteiger partial charge on any atom is -0.481 e. The van der Waals surface area contributed by atoms with E-state index in [4.69, 9.17) is 37.9 Å². The summed E-state index contributed by atoms with van der Waals surface area (Å²) in [5.41, 5.74) is -2.45. The van der Waals surface area contributed by atoms with E-state index in [-0.39, 0.29) is 39.4 Å². The van der Waals surface area contributed by atoms with Crippen LogP contribution in [0.1, 0.15) is 113 Å². The molecule has 418 valence electrons. The largest absolute Gasteiger partial charge is 0.481 e. The highest BCUT2D eigenvalue weighted by molar-refractivity contribution is 5.76. The van der Waals surface area contributed by atoms with Gasteiger partial charge in [0.05, 0.1) is 44.6 Å². The van der Waals surface area contributed by atoms with Gasteiger partial charge in [-0.1, -0.05) is 60.1 Å².